The summed E-state index contributed by atoms with van der Waals surface area (Å²) in [6.45, 7) is 0.278. The molecule has 1 N–H and O–H groups in total. The van der Waals surface area contributed by atoms with Gasteiger partial charge in [0.05, 0.1) is 7.11 Å². The molecule has 0 aliphatic carbocycles. The molecule has 4 aromatic carbocycles. The van der Waals surface area contributed by atoms with Crippen molar-refractivity contribution >= 4 is 34.0 Å². The van der Waals surface area contributed by atoms with E-state index in [2.05, 4.69) is 11.4 Å². The van der Waals surface area contributed by atoms with Gasteiger partial charge < -0.3 is 14.8 Å². The van der Waals surface area contributed by atoms with Crippen molar-refractivity contribution in [1.29, 1.82) is 0 Å². The van der Waals surface area contributed by atoms with Crippen molar-refractivity contribution < 1.29 is 14.3 Å². The summed E-state index contributed by atoms with van der Waals surface area (Å²) in [5.74, 6) is 1.19. The maximum absolute atomic E-state index is 12.7. The van der Waals surface area contributed by atoms with Crippen LogP contribution in [0, 0.1) is 0 Å². The maximum atomic E-state index is 12.7. The molecule has 30 heavy (non-hydrogen) atoms. The molecular formula is C25H20ClNO3. The first-order chi connectivity index (χ1) is 14.6. The fourth-order valence-electron chi connectivity index (χ4n) is 3.22. The van der Waals surface area contributed by atoms with Gasteiger partial charge in [0.15, 0.2) is 0 Å². The molecule has 4 aromatic rings. The molecule has 0 aliphatic rings. The molecule has 0 atom stereocenters. The van der Waals surface area contributed by atoms with E-state index in [1.807, 2.05) is 36.4 Å². The first kappa shape index (κ1) is 19.8. The van der Waals surface area contributed by atoms with Crippen molar-refractivity contribution in [3.8, 4) is 11.5 Å². The van der Waals surface area contributed by atoms with Crippen molar-refractivity contribution in [2.45, 2.75) is 6.61 Å². The Morgan fingerprint density at radius 3 is 2.53 bits per heavy atom. The number of rotatable bonds is 6. The third-order valence-electron chi connectivity index (χ3n) is 4.74. The summed E-state index contributed by atoms with van der Waals surface area (Å²) in [4.78, 5) is 12.7. The first-order valence-corrected chi connectivity index (χ1v) is 9.85. The lowest BCUT2D eigenvalue weighted by atomic mass is 10.1. The van der Waals surface area contributed by atoms with E-state index >= 15 is 0 Å². The highest BCUT2D eigenvalue weighted by molar-refractivity contribution is 6.31. The normalized spacial score (nSPS) is 10.6. The highest BCUT2D eigenvalue weighted by atomic mass is 35.5. The van der Waals surface area contributed by atoms with Gasteiger partial charge >= 0.3 is 0 Å². The van der Waals surface area contributed by atoms with E-state index in [1.165, 1.54) is 0 Å². The number of anilines is 1. The van der Waals surface area contributed by atoms with E-state index in [0.717, 1.165) is 22.1 Å². The van der Waals surface area contributed by atoms with Crippen molar-refractivity contribution in [3.63, 3.8) is 0 Å². The molecule has 4 nitrogen and oxygen atoms in total. The second-order valence-corrected chi connectivity index (χ2v) is 7.23. The second kappa shape index (κ2) is 8.89. The van der Waals surface area contributed by atoms with Crippen LogP contribution in [0.25, 0.3) is 10.8 Å². The lowest BCUT2D eigenvalue weighted by Gasteiger charge is -2.13. The van der Waals surface area contributed by atoms with Crippen molar-refractivity contribution in [2.75, 3.05) is 12.4 Å². The summed E-state index contributed by atoms with van der Waals surface area (Å²) >= 11 is 5.99. The van der Waals surface area contributed by atoms with E-state index in [1.54, 1.807) is 49.6 Å². The molecule has 0 unspecified atom stereocenters. The SMILES string of the molecule is COc1ccc(C(=O)Nc2cccc(Cl)c2)cc1COc1ccc2ccccc2c1. The van der Waals surface area contributed by atoms with Gasteiger partial charge in [0, 0.05) is 21.8 Å². The Balaban J connectivity index is 1.52. The third-order valence-corrected chi connectivity index (χ3v) is 4.98. The number of benzene rings is 4. The Bertz CT molecular complexity index is 1210. The summed E-state index contributed by atoms with van der Waals surface area (Å²) in [6.07, 6.45) is 0. The van der Waals surface area contributed by atoms with E-state index in [0.29, 0.717) is 22.0 Å². The predicted molar refractivity (Wildman–Crippen MR) is 121 cm³/mol. The standard InChI is InChI=1S/C25H20ClNO3/c1-29-24-12-10-19(25(28)27-22-8-4-7-21(26)15-22)13-20(24)16-30-23-11-9-17-5-2-3-6-18(17)14-23/h2-15H,16H2,1H3,(H,27,28). The number of carbonyl (C=O) groups excluding carboxylic acids is 1. The maximum Gasteiger partial charge on any atom is 0.255 e. The van der Waals surface area contributed by atoms with Gasteiger partial charge in [-0.2, -0.15) is 0 Å². The molecule has 4 rings (SSSR count). The van der Waals surface area contributed by atoms with Crippen LogP contribution < -0.4 is 14.8 Å². The third kappa shape index (κ3) is 4.56. The number of ether oxygens (including phenoxy) is 2. The molecule has 0 radical (unpaired) electrons. The zero-order valence-electron chi connectivity index (χ0n) is 16.4. The molecule has 0 spiro atoms. The van der Waals surface area contributed by atoms with E-state index in [-0.39, 0.29) is 12.5 Å². The van der Waals surface area contributed by atoms with Crippen LogP contribution in [0.15, 0.2) is 84.9 Å². The quantitative estimate of drug-likeness (QED) is 0.398. The van der Waals surface area contributed by atoms with Crippen LogP contribution in [-0.2, 0) is 6.61 Å². The molecule has 0 aromatic heterocycles. The van der Waals surface area contributed by atoms with Crippen LogP contribution in [0.4, 0.5) is 5.69 Å². The molecule has 0 bridgehead atoms. The van der Waals surface area contributed by atoms with Gasteiger partial charge in [-0.1, -0.05) is 48.0 Å². The molecule has 0 aliphatic heterocycles. The van der Waals surface area contributed by atoms with Gasteiger partial charge in [-0.3, -0.25) is 4.79 Å². The number of hydrogen-bond acceptors (Lipinski definition) is 3. The second-order valence-electron chi connectivity index (χ2n) is 6.79. The molecule has 0 saturated carbocycles. The van der Waals surface area contributed by atoms with Crippen molar-refractivity contribution in [2.24, 2.45) is 0 Å². The van der Waals surface area contributed by atoms with Crippen LogP contribution in [-0.4, -0.2) is 13.0 Å². The highest BCUT2D eigenvalue weighted by Gasteiger charge is 2.12. The number of methoxy groups -OCH3 is 1. The minimum Gasteiger partial charge on any atom is -0.496 e. The van der Waals surface area contributed by atoms with E-state index in [4.69, 9.17) is 21.1 Å². The average molecular weight is 418 g/mol. The van der Waals surface area contributed by atoms with Gasteiger partial charge in [0.25, 0.3) is 5.91 Å². The van der Waals surface area contributed by atoms with Gasteiger partial charge in [0.1, 0.15) is 18.1 Å². The number of halogens is 1. The molecule has 0 saturated heterocycles. The molecular weight excluding hydrogens is 398 g/mol. The summed E-state index contributed by atoms with van der Waals surface area (Å²) in [7, 11) is 1.60. The summed E-state index contributed by atoms with van der Waals surface area (Å²) in [5, 5.41) is 5.68. The minimum atomic E-state index is -0.230. The first-order valence-electron chi connectivity index (χ1n) is 9.48. The van der Waals surface area contributed by atoms with Crippen molar-refractivity contribution in [3.05, 3.63) is 101 Å². The van der Waals surface area contributed by atoms with Crippen molar-refractivity contribution in [1.82, 2.24) is 0 Å². The van der Waals surface area contributed by atoms with Gasteiger partial charge in [-0.15, -0.1) is 0 Å². The Morgan fingerprint density at radius 1 is 0.900 bits per heavy atom. The molecule has 0 heterocycles. The topological polar surface area (TPSA) is 47.6 Å². The number of nitrogens with one attached hydrogen (secondary N) is 1. The average Bonchev–Trinajstić information content (AvgIpc) is 2.77. The zero-order valence-corrected chi connectivity index (χ0v) is 17.1. The Hall–Kier alpha value is -3.50. The van der Waals surface area contributed by atoms with E-state index < -0.39 is 0 Å². The summed E-state index contributed by atoms with van der Waals surface area (Å²) in [5.41, 5.74) is 1.93. The Morgan fingerprint density at radius 2 is 1.73 bits per heavy atom. The lowest BCUT2D eigenvalue weighted by molar-refractivity contribution is 0.102. The monoisotopic (exact) mass is 417 g/mol. The fraction of sp³-hybridized carbons (Fsp3) is 0.0800. The highest BCUT2D eigenvalue weighted by Crippen LogP contribution is 2.25. The van der Waals surface area contributed by atoms with Gasteiger partial charge in [-0.25, -0.2) is 0 Å². The van der Waals surface area contributed by atoms with Crippen LogP contribution >= 0.6 is 11.6 Å². The van der Waals surface area contributed by atoms with Crippen LogP contribution in [0.2, 0.25) is 5.02 Å². The molecule has 1 amide bonds. The zero-order chi connectivity index (χ0) is 20.9. The Labute approximate surface area is 180 Å². The van der Waals surface area contributed by atoms with E-state index in [9.17, 15) is 4.79 Å². The summed E-state index contributed by atoms with van der Waals surface area (Å²) in [6, 6.07) is 26.4. The fourth-order valence-corrected chi connectivity index (χ4v) is 3.41. The van der Waals surface area contributed by atoms with Gasteiger partial charge in [-0.05, 0) is 59.3 Å². The Kier molecular flexibility index (Phi) is 5.87. The van der Waals surface area contributed by atoms with Gasteiger partial charge in [0.2, 0.25) is 0 Å². The predicted octanol–water partition coefficient (Wildman–Crippen LogP) is 6.33. The number of carbonyl (C=O) groups is 1. The number of hydrogen-bond donors (Lipinski definition) is 1. The van der Waals surface area contributed by atoms with Crippen LogP contribution in [0.5, 0.6) is 11.5 Å². The lowest BCUT2D eigenvalue weighted by Crippen LogP contribution is -2.12. The molecule has 150 valence electrons. The minimum absolute atomic E-state index is 0.230. The smallest absolute Gasteiger partial charge is 0.255 e. The molecule has 0 fully saturated rings. The number of fused-ring (bicyclic) bond motifs is 1. The van der Waals surface area contributed by atoms with Crippen LogP contribution in [0.3, 0.4) is 0 Å². The number of amides is 1. The molecule has 5 heteroatoms. The van der Waals surface area contributed by atoms with Crippen LogP contribution in [0.1, 0.15) is 15.9 Å². The largest absolute Gasteiger partial charge is 0.496 e. The summed E-state index contributed by atoms with van der Waals surface area (Å²) < 4.78 is 11.4.